The van der Waals surface area contributed by atoms with E-state index in [1.165, 1.54) is 29.2 Å². The van der Waals surface area contributed by atoms with Crippen LogP contribution in [0.3, 0.4) is 0 Å². The molecule has 0 fully saturated rings. The van der Waals surface area contributed by atoms with E-state index in [2.05, 4.69) is 43.5 Å². The van der Waals surface area contributed by atoms with Gasteiger partial charge in [0.05, 0.1) is 11.8 Å². The molecule has 39 heavy (non-hydrogen) atoms. The van der Waals surface area contributed by atoms with Gasteiger partial charge in [-0.3, -0.25) is 0 Å². The average molecular weight is 529 g/mol. The predicted octanol–water partition coefficient (Wildman–Crippen LogP) is 6.12. The Morgan fingerprint density at radius 3 is 2.05 bits per heavy atom. The van der Waals surface area contributed by atoms with Crippen molar-refractivity contribution >= 4 is 23.9 Å². The molecule has 1 atom stereocenters. The molecule has 0 saturated heterocycles. The molecular weight excluding hydrogens is 496 g/mol. The Labute approximate surface area is 228 Å². The van der Waals surface area contributed by atoms with Gasteiger partial charge in [0.1, 0.15) is 5.76 Å². The van der Waals surface area contributed by atoms with Crippen LogP contribution in [-0.2, 0) is 33.4 Å². The number of hydrogen-bond donors (Lipinski definition) is 0. The van der Waals surface area contributed by atoms with Crippen LogP contribution in [0.15, 0.2) is 119 Å². The van der Waals surface area contributed by atoms with Crippen LogP contribution in [0.2, 0.25) is 0 Å². The van der Waals surface area contributed by atoms with Gasteiger partial charge in [0.15, 0.2) is 0 Å². The molecule has 3 aliphatic rings. The van der Waals surface area contributed by atoms with Crippen molar-refractivity contribution in [3.63, 3.8) is 0 Å². The quantitative estimate of drug-likeness (QED) is 0.0889. The molecule has 0 saturated carbocycles. The summed E-state index contributed by atoms with van der Waals surface area (Å²) in [4.78, 5) is 47.3. The first-order valence-electron chi connectivity index (χ1n) is 12.6. The van der Waals surface area contributed by atoms with E-state index in [9.17, 15) is 19.2 Å². The predicted molar refractivity (Wildman–Crippen MR) is 147 cm³/mol. The summed E-state index contributed by atoms with van der Waals surface area (Å²) in [6.07, 6.45) is 18.8. The lowest BCUT2D eigenvalue weighted by atomic mass is 9.80. The van der Waals surface area contributed by atoms with Crippen molar-refractivity contribution in [1.29, 1.82) is 0 Å². The van der Waals surface area contributed by atoms with Crippen molar-refractivity contribution in [2.24, 2.45) is 5.92 Å². The van der Waals surface area contributed by atoms with Crippen LogP contribution < -0.4 is 0 Å². The second-order valence-corrected chi connectivity index (χ2v) is 9.44. The Kier molecular flexibility index (Phi) is 9.92. The molecule has 0 bridgehead atoms. The summed E-state index contributed by atoms with van der Waals surface area (Å²) in [6.45, 7) is 14.0. The highest BCUT2D eigenvalue weighted by atomic mass is 16.6. The van der Waals surface area contributed by atoms with Gasteiger partial charge in [0, 0.05) is 23.6 Å². The molecule has 0 aromatic heterocycles. The molecule has 0 N–H and O–H groups in total. The zero-order valence-electron chi connectivity index (χ0n) is 22.3. The van der Waals surface area contributed by atoms with E-state index in [1.54, 1.807) is 6.08 Å². The van der Waals surface area contributed by atoms with E-state index in [-0.39, 0.29) is 23.0 Å². The highest BCUT2D eigenvalue weighted by Crippen LogP contribution is 2.37. The molecule has 202 valence electrons. The van der Waals surface area contributed by atoms with E-state index in [1.807, 2.05) is 18.2 Å². The zero-order valence-corrected chi connectivity index (χ0v) is 22.3. The van der Waals surface area contributed by atoms with Crippen LogP contribution in [0.1, 0.15) is 46.0 Å². The van der Waals surface area contributed by atoms with Gasteiger partial charge in [0.25, 0.3) is 0 Å². The second-order valence-electron chi connectivity index (χ2n) is 9.44. The van der Waals surface area contributed by atoms with E-state index in [0.29, 0.717) is 24.2 Å². The largest absolute Gasteiger partial charge is 0.432 e. The highest BCUT2D eigenvalue weighted by molar-refractivity contribution is 6.00. The lowest BCUT2D eigenvalue weighted by molar-refractivity contribution is -0.153. The van der Waals surface area contributed by atoms with E-state index in [0.717, 1.165) is 37.7 Å². The van der Waals surface area contributed by atoms with E-state index < -0.39 is 17.9 Å². The monoisotopic (exact) mass is 528 g/mol. The summed E-state index contributed by atoms with van der Waals surface area (Å²) in [6, 6.07) is 0. The topological polar surface area (TPSA) is 96.0 Å². The van der Waals surface area contributed by atoms with Crippen molar-refractivity contribution in [2.45, 2.75) is 46.0 Å². The molecule has 0 radical (unpaired) electrons. The number of allylic oxidation sites excluding steroid dienone is 11. The Hall–Kier alpha value is -4.52. The number of carbonyl (C=O) groups is 4. The third-order valence-electron chi connectivity index (χ3n) is 6.47. The van der Waals surface area contributed by atoms with Crippen LogP contribution in [-0.4, -0.2) is 23.9 Å². The molecule has 0 aromatic rings. The van der Waals surface area contributed by atoms with Crippen molar-refractivity contribution in [3.8, 4) is 0 Å². The standard InChI is InChI=1S/C32H32O7/c1-6-37-32(36)26-14-17-28(22(5)19-26)25-10-8-23(9-11-25)24-12-15-27(16-13-24)38-31(35)21(4)7-18-29(33)39-30(34)20(2)3/h6-8,10,12,14-15,17-18,22H,1-2,4,9,11,13,16,19H2,3,5H3/b18-7-. The molecule has 0 spiro atoms. The number of hydrogen-bond acceptors (Lipinski definition) is 7. The molecule has 3 aliphatic carbocycles. The normalized spacial score (nSPS) is 18.8. The lowest BCUT2D eigenvalue weighted by Crippen LogP contribution is -2.14. The van der Waals surface area contributed by atoms with Crippen molar-refractivity contribution in [2.75, 3.05) is 0 Å². The van der Waals surface area contributed by atoms with Gasteiger partial charge in [-0.05, 0) is 73.0 Å². The SMILES string of the molecule is C=COC(=O)C1=CC=C(C2=CC=C(C3=CC=C(OC(=O)C(=C)/C=C\C(=O)OC(=O)C(=C)C)CC3)CC2)C(C)C1. The van der Waals surface area contributed by atoms with Gasteiger partial charge in [-0.25, -0.2) is 19.2 Å². The summed E-state index contributed by atoms with van der Waals surface area (Å²) >= 11 is 0. The minimum Gasteiger partial charge on any atom is -0.432 e. The van der Waals surface area contributed by atoms with Crippen LogP contribution in [0.25, 0.3) is 0 Å². The average Bonchev–Trinajstić information content (AvgIpc) is 2.92. The maximum absolute atomic E-state index is 12.3. The van der Waals surface area contributed by atoms with Gasteiger partial charge < -0.3 is 14.2 Å². The fourth-order valence-electron chi connectivity index (χ4n) is 4.34. The lowest BCUT2D eigenvalue weighted by Gasteiger charge is -2.26. The smallest absolute Gasteiger partial charge is 0.342 e. The van der Waals surface area contributed by atoms with Crippen molar-refractivity contribution < 1.29 is 33.4 Å². The third kappa shape index (κ3) is 7.98. The Bertz CT molecular complexity index is 1340. The minimum atomic E-state index is -0.928. The maximum atomic E-state index is 12.3. The van der Waals surface area contributed by atoms with E-state index >= 15 is 0 Å². The first-order valence-corrected chi connectivity index (χ1v) is 12.6. The first-order chi connectivity index (χ1) is 18.6. The molecule has 7 heteroatoms. The minimum absolute atomic E-state index is 0.0520. The van der Waals surface area contributed by atoms with Gasteiger partial charge in [0.2, 0.25) is 0 Å². The van der Waals surface area contributed by atoms with Crippen LogP contribution in [0, 0.1) is 5.92 Å². The second kappa shape index (κ2) is 13.3. The molecule has 1 unspecified atom stereocenters. The molecule has 7 nitrogen and oxygen atoms in total. The zero-order chi connectivity index (χ0) is 28.5. The Morgan fingerprint density at radius 1 is 0.846 bits per heavy atom. The van der Waals surface area contributed by atoms with E-state index in [4.69, 9.17) is 9.47 Å². The summed E-state index contributed by atoms with van der Waals surface area (Å²) in [5.41, 5.74) is 5.61. The fourth-order valence-corrected chi connectivity index (χ4v) is 4.34. The van der Waals surface area contributed by atoms with Gasteiger partial charge >= 0.3 is 23.9 Å². The van der Waals surface area contributed by atoms with Crippen LogP contribution in [0.5, 0.6) is 0 Å². The Balaban J connectivity index is 1.59. The van der Waals surface area contributed by atoms with Gasteiger partial charge in [-0.15, -0.1) is 0 Å². The third-order valence-corrected chi connectivity index (χ3v) is 6.47. The molecule has 0 amide bonds. The maximum Gasteiger partial charge on any atom is 0.342 e. The fraction of sp³-hybridized carbons (Fsp3) is 0.250. The van der Waals surface area contributed by atoms with Crippen LogP contribution in [0.4, 0.5) is 0 Å². The number of rotatable bonds is 9. The molecule has 0 aliphatic heterocycles. The Morgan fingerprint density at radius 2 is 1.49 bits per heavy atom. The summed E-state index contributed by atoms with van der Waals surface area (Å²) in [5.74, 6) is -2.10. The first kappa shape index (κ1) is 29.0. The number of ether oxygens (including phenoxy) is 3. The molecule has 0 heterocycles. The highest BCUT2D eigenvalue weighted by Gasteiger charge is 2.24. The van der Waals surface area contributed by atoms with Gasteiger partial charge in [-0.1, -0.05) is 57.0 Å². The number of carbonyl (C=O) groups excluding carboxylic acids is 4. The van der Waals surface area contributed by atoms with Crippen molar-refractivity contribution in [1.82, 2.24) is 0 Å². The molecule has 0 aromatic carbocycles. The van der Waals surface area contributed by atoms with Crippen molar-refractivity contribution in [3.05, 3.63) is 119 Å². The molecule has 3 rings (SSSR count). The summed E-state index contributed by atoms with van der Waals surface area (Å²) in [5, 5.41) is 0. The van der Waals surface area contributed by atoms with Crippen LogP contribution >= 0.6 is 0 Å². The number of esters is 4. The summed E-state index contributed by atoms with van der Waals surface area (Å²) in [7, 11) is 0. The summed E-state index contributed by atoms with van der Waals surface area (Å²) < 4.78 is 14.8. The molecular formula is C32H32O7. The van der Waals surface area contributed by atoms with Gasteiger partial charge in [-0.2, -0.15) is 0 Å².